The Morgan fingerprint density at radius 3 is 2.84 bits per heavy atom. The van der Waals surface area contributed by atoms with Crippen LogP contribution >= 0.6 is 0 Å². The minimum Gasteiger partial charge on any atom is -0.465 e. The van der Waals surface area contributed by atoms with Crippen LogP contribution < -0.4 is 5.32 Å². The van der Waals surface area contributed by atoms with Crippen molar-refractivity contribution in [3.05, 3.63) is 53.5 Å². The van der Waals surface area contributed by atoms with Crippen LogP contribution in [0.15, 0.2) is 40.8 Å². The molecule has 25 heavy (non-hydrogen) atoms. The van der Waals surface area contributed by atoms with Gasteiger partial charge in [0.15, 0.2) is 0 Å². The molecule has 0 bridgehead atoms. The first-order valence-corrected chi connectivity index (χ1v) is 7.99. The minimum atomic E-state index is -0.448. The average Bonchev–Trinajstić information content (AvgIpc) is 3.08. The normalized spacial score (nSPS) is 17.2. The van der Waals surface area contributed by atoms with Crippen LogP contribution in [0, 0.1) is 6.92 Å². The second-order valence-electron chi connectivity index (χ2n) is 5.76. The van der Waals surface area contributed by atoms with Crippen molar-refractivity contribution in [1.82, 2.24) is 4.90 Å². The van der Waals surface area contributed by atoms with Gasteiger partial charge in [-0.2, -0.15) is 0 Å². The number of hydrogen-bond donors (Lipinski definition) is 1. The number of benzene rings is 1. The fraction of sp³-hybridized carbons (Fsp3) is 0.333. The van der Waals surface area contributed by atoms with Crippen molar-refractivity contribution < 1.29 is 23.5 Å². The summed E-state index contributed by atoms with van der Waals surface area (Å²) in [5.41, 5.74) is 0.913. The Morgan fingerprint density at radius 1 is 1.28 bits per heavy atom. The summed E-state index contributed by atoms with van der Waals surface area (Å²) in [6, 6.07) is 10.1. The molecule has 1 unspecified atom stereocenters. The second-order valence-corrected chi connectivity index (χ2v) is 5.76. The largest absolute Gasteiger partial charge is 0.465 e. The summed E-state index contributed by atoms with van der Waals surface area (Å²) in [5.74, 6) is 1.07. The van der Waals surface area contributed by atoms with Gasteiger partial charge in [0.2, 0.25) is 0 Å². The van der Waals surface area contributed by atoms with E-state index in [0.717, 1.165) is 5.76 Å². The molecule has 1 N–H and O–H groups in total. The Labute approximate surface area is 145 Å². The summed E-state index contributed by atoms with van der Waals surface area (Å²) < 4.78 is 16.0. The van der Waals surface area contributed by atoms with Crippen molar-refractivity contribution in [1.29, 1.82) is 0 Å². The van der Waals surface area contributed by atoms with Gasteiger partial charge in [-0.15, -0.1) is 0 Å². The third-order valence-electron chi connectivity index (χ3n) is 3.97. The number of amides is 2. The van der Waals surface area contributed by atoms with E-state index in [2.05, 4.69) is 10.1 Å². The van der Waals surface area contributed by atoms with Crippen LogP contribution in [-0.2, 0) is 9.47 Å². The van der Waals surface area contributed by atoms with Crippen molar-refractivity contribution >= 4 is 17.7 Å². The zero-order valence-electron chi connectivity index (χ0n) is 14.2. The Kier molecular flexibility index (Phi) is 5.04. The number of esters is 1. The highest BCUT2D eigenvalue weighted by Gasteiger charge is 2.27. The summed E-state index contributed by atoms with van der Waals surface area (Å²) in [6.07, 6.45) is -0.283. The predicted octanol–water partition coefficient (Wildman–Crippen LogP) is 2.98. The molecule has 7 heteroatoms. The third-order valence-corrected chi connectivity index (χ3v) is 3.97. The number of rotatable bonds is 3. The maximum absolute atomic E-state index is 12.5. The molecule has 1 aliphatic heterocycles. The zero-order valence-corrected chi connectivity index (χ0v) is 14.2. The Morgan fingerprint density at radius 2 is 2.12 bits per heavy atom. The monoisotopic (exact) mass is 344 g/mol. The molecule has 2 heterocycles. The molecular formula is C18H20N2O5. The molecule has 0 aliphatic carbocycles. The lowest BCUT2D eigenvalue weighted by molar-refractivity contribution is -0.0246. The molecule has 3 rings (SSSR count). The van der Waals surface area contributed by atoms with Crippen LogP contribution in [0.4, 0.5) is 10.5 Å². The summed E-state index contributed by atoms with van der Waals surface area (Å²) >= 11 is 0. The van der Waals surface area contributed by atoms with Crippen LogP contribution in [-0.4, -0.2) is 43.7 Å². The summed E-state index contributed by atoms with van der Waals surface area (Å²) in [7, 11) is 1.32. The smallest absolute Gasteiger partial charge is 0.337 e. The highest BCUT2D eigenvalue weighted by atomic mass is 16.5. The SMILES string of the molecule is COC(=O)c1cccc(NC(=O)N2CCOC(c3ccc(C)o3)C2)c1. The number of methoxy groups -OCH3 is 1. The Bertz CT molecular complexity index is 770. The molecule has 1 aromatic heterocycles. The molecule has 0 radical (unpaired) electrons. The van der Waals surface area contributed by atoms with Gasteiger partial charge in [-0.25, -0.2) is 9.59 Å². The van der Waals surface area contributed by atoms with Crippen molar-refractivity contribution in [2.75, 3.05) is 32.1 Å². The van der Waals surface area contributed by atoms with Crippen molar-refractivity contribution in [3.8, 4) is 0 Å². The first-order chi connectivity index (χ1) is 12.1. The van der Waals surface area contributed by atoms with Crippen LogP contribution in [0.3, 0.4) is 0 Å². The Balaban J connectivity index is 1.65. The van der Waals surface area contributed by atoms with Gasteiger partial charge in [0, 0.05) is 12.2 Å². The third kappa shape index (κ3) is 4.00. The molecule has 1 atom stereocenters. The second kappa shape index (κ2) is 7.40. The van der Waals surface area contributed by atoms with Crippen molar-refractivity contribution in [2.24, 2.45) is 0 Å². The van der Waals surface area contributed by atoms with Gasteiger partial charge in [0.05, 0.1) is 25.8 Å². The van der Waals surface area contributed by atoms with Crippen LogP contribution in [0.25, 0.3) is 0 Å². The summed E-state index contributed by atoms with van der Waals surface area (Å²) in [5, 5.41) is 2.80. The number of aryl methyl sites for hydroxylation is 1. The first-order valence-electron chi connectivity index (χ1n) is 7.99. The van der Waals surface area contributed by atoms with E-state index in [-0.39, 0.29) is 12.1 Å². The van der Waals surface area contributed by atoms with E-state index in [1.54, 1.807) is 29.2 Å². The van der Waals surface area contributed by atoms with E-state index in [9.17, 15) is 9.59 Å². The van der Waals surface area contributed by atoms with Gasteiger partial charge >= 0.3 is 12.0 Å². The lowest BCUT2D eigenvalue weighted by Crippen LogP contribution is -2.44. The van der Waals surface area contributed by atoms with Crippen LogP contribution in [0.5, 0.6) is 0 Å². The first kappa shape index (κ1) is 17.0. The molecule has 2 aromatic rings. The van der Waals surface area contributed by atoms with Gasteiger partial charge in [-0.3, -0.25) is 0 Å². The van der Waals surface area contributed by atoms with E-state index < -0.39 is 5.97 Å². The van der Waals surface area contributed by atoms with Crippen molar-refractivity contribution in [3.63, 3.8) is 0 Å². The van der Waals surface area contributed by atoms with E-state index in [1.165, 1.54) is 7.11 Å². The maximum atomic E-state index is 12.5. The highest BCUT2D eigenvalue weighted by Crippen LogP contribution is 2.24. The average molecular weight is 344 g/mol. The van der Waals surface area contributed by atoms with E-state index >= 15 is 0 Å². The molecule has 1 aliphatic rings. The Hall–Kier alpha value is -2.80. The number of carbonyl (C=O) groups is 2. The number of nitrogens with zero attached hydrogens (tertiary/aromatic N) is 1. The molecule has 2 amide bonds. The van der Waals surface area contributed by atoms with Gasteiger partial charge in [-0.1, -0.05) is 6.07 Å². The highest BCUT2D eigenvalue weighted by molar-refractivity contribution is 5.93. The number of hydrogen-bond acceptors (Lipinski definition) is 5. The van der Waals surface area contributed by atoms with Crippen LogP contribution in [0.1, 0.15) is 28.0 Å². The van der Waals surface area contributed by atoms with E-state index in [1.807, 2.05) is 19.1 Å². The zero-order chi connectivity index (χ0) is 17.8. The number of urea groups is 1. The molecular weight excluding hydrogens is 324 g/mol. The van der Waals surface area contributed by atoms with E-state index in [4.69, 9.17) is 9.15 Å². The van der Waals surface area contributed by atoms with E-state index in [0.29, 0.717) is 36.7 Å². The molecule has 0 saturated carbocycles. The van der Waals surface area contributed by atoms with Gasteiger partial charge in [0.1, 0.15) is 17.6 Å². The quantitative estimate of drug-likeness (QED) is 0.866. The lowest BCUT2D eigenvalue weighted by Gasteiger charge is -2.32. The summed E-state index contributed by atoms with van der Waals surface area (Å²) in [4.78, 5) is 25.8. The van der Waals surface area contributed by atoms with Gasteiger partial charge < -0.3 is 24.1 Å². The number of morpholine rings is 1. The van der Waals surface area contributed by atoms with Crippen molar-refractivity contribution in [2.45, 2.75) is 13.0 Å². The molecule has 1 aromatic carbocycles. The summed E-state index contributed by atoms with van der Waals surface area (Å²) in [6.45, 7) is 3.18. The fourth-order valence-corrected chi connectivity index (χ4v) is 2.68. The minimum absolute atomic E-state index is 0.251. The number of nitrogens with one attached hydrogen (secondary N) is 1. The number of furan rings is 1. The number of ether oxygens (including phenoxy) is 2. The molecule has 1 fully saturated rings. The number of anilines is 1. The number of carbonyl (C=O) groups excluding carboxylic acids is 2. The molecule has 132 valence electrons. The van der Waals surface area contributed by atoms with Gasteiger partial charge in [-0.05, 0) is 37.3 Å². The fourth-order valence-electron chi connectivity index (χ4n) is 2.68. The standard InChI is InChI=1S/C18H20N2O5/c1-12-6-7-15(25-12)16-11-20(8-9-24-16)18(22)19-14-5-3-4-13(10-14)17(21)23-2/h3-7,10,16H,8-9,11H2,1-2H3,(H,19,22). The molecule has 0 spiro atoms. The van der Waals surface area contributed by atoms with Crippen LogP contribution in [0.2, 0.25) is 0 Å². The topological polar surface area (TPSA) is 81.0 Å². The molecule has 7 nitrogen and oxygen atoms in total. The van der Waals surface area contributed by atoms with Gasteiger partial charge in [0.25, 0.3) is 0 Å². The molecule has 1 saturated heterocycles. The predicted molar refractivity (Wildman–Crippen MR) is 90.5 cm³/mol. The maximum Gasteiger partial charge on any atom is 0.337 e. The lowest BCUT2D eigenvalue weighted by atomic mass is 10.2.